The van der Waals surface area contributed by atoms with Gasteiger partial charge in [-0.05, 0) is 25.8 Å². The van der Waals surface area contributed by atoms with Crippen molar-refractivity contribution in [2.45, 2.75) is 71.3 Å². The topological polar surface area (TPSA) is 26.0 Å². The lowest BCUT2D eigenvalue weighted by atomic mass is 9.87. The molecule has 0 aliphatic carbocycles. The predicted octanol–water partition coefficient (Wildman–Crippen LogP) is 4.92. The Hall–Kier alpha value is -0.820. The molecule has 0 radical (unpaired) electrons. The summed E-state index contributed by atoms with van der Waals surface area (Å²) in [6.45, 7) is 6.55. The van der Waals surface area contributed by atoms with E-state index in [9.17, 15) is 0 Å². The second-order valence-electron chi connectivity index (χ2n) is 5.80. The van der Waals surface area contributed by atoms with Crippen molar-refractivity contribution < 1.29 is 0 Å². The van der Waals surface area contributed by atoms with Crippen LogP contribution in [0.3, 0.4) is 0 Å². The molecule has 1 rings (SSSR count). The third kappa shape index (κ3) is 5.22. The van der Waals surface area contributed by atoms with Crippen molar-refractivity contribution in [1.29, 1.82) is 0 Å². The van der Waals surface area contributed by atoms with E-state index in [0.29, 0.717) is 0 Å². The van der Waals surface area contributed by atoms with Crippen LogP contribution in [-0.4, -0.2) is 0 Å². The molecule has 1 heteroatoms. The normalized spacial score (nSPS) is 14.4. The zero-order valence-electron chi connectivity index (χ0n) is 12.3. The first-order chi connectivity index (χ1) is 8.56. The molecule has 1 unspecified atom stereocenters. The van der Waals surface area contributed by atoms with Gasteiger partial charge in [0.1, 0.15) is 0 Å². The molecule has 1 nitrogen and oxygen atoms in total. The van der Waals surface area contributed by atoms with Gasteiger partial charge in [-0.15, -0.1) is 0 Å². The third-order valence-corrected chi connectivity index (χ3v) is 3.73. The Morgan fingerprint density at radius 2 is 1.72 bits per heavy atom. The highest BCUT2D eigenvalue weighted by Crippen LogP contribution is 2.25. The third-order valence-electron chi connectivity index (χ3n) is 3.73. The van der Waals surface area contributed by atoms with Crippen molar-refractivity contribution in [3.63, 3.8) is 0 Å². The second kappa shape index (κ2) is 7.58. The van der Waals surface area contributed by atoms with Crippen LogP contribution in [0.15, 0.2) is 24.3 Å². The average molecular weight is 247 g/mol. The molecule has 0 aliphatic rings. The Kier molecular flexibility index (Phi) is 6.42. The Morgan fingerprint density at radius 1 is 1.06 bits per heavy atom. The molecule has 0 saturated carbocycles. The fourth-order valence-electron chi connectivity index (χ4n) is 2.42. The van der Waals surface area contributed by atoms with E-state index in [1.54, 1.807) is 0 Å². The predicted molar refractivity (Wildman–Crippen MR) is 80.7 cm³/mol. The molecule has 0 heterocycles. The standard InChI is InChI=1S/C17H29N/c1-4-5-6-7-8-9-13-17(3,18)16-12-10-11-15(2)14-16/h10-12,14H,4-9,13,18H2,1-3H3. The van der Waals surface area contributed by atoms with E-state index in [2.05, 4.69) is 45.0 Å². The molecule has 102 valence electrons. The number of nitrogens with two attached hydrogens (primary N) is 1. The minimum Gasteiger partial charge on any atom is -0.322 e. The summed E-state index contributed by atoms with van der Waals surface area (Å²) in [6.07, 6.45) is 9.07. The van der Waals surface area contributed by atoms with Gasteiger partial charge in [0.05, 0.1) is 0 Å². The maximum atomic E-state index is 6.45. The van der Waals surface area contributed by atoms with E-state index in [1.807, 2.05) is 0 Å². The van der Waals surface area contributed by atoms with Gasteiger partial charge in [-0.2, -0.15) is 0 Å². The van der Waals surface area contributed by atoms with Gasteiger partial charge in [0.15, 0.2) is 0 Å². The maximum absolute atomic E-state index is 6.45. The van der Waals surface area contributed by atoms with Gasteiger partial charge < -0.3 is 5.73 Å². The zero-order valence-corrected chi connectivity index (χ0v) is 12.3. The number of rotatable bonds is 8. The zero-order chi connectivity index (χ0) is 13.4. The van der Waals surface area contributed by atoms with Gasteiger partial charge in [0, 0.05) is 5.54 Å². The number of hydrogen-bond acceptors (Lipinski definition) is 1. The van der Waals surface area contributed by atoms with E-state index in [0.717, 1.165) is 6.42 Å². The maximum Gasteiger partial charge on any atom is 0.0381 e. The van der Waals surface area contributed by atoms with Crippen molar-refractivity contribution >= 4 is 0 Å². The van der Waals surface area contributed by atoms with E-state index >= 15 is 0 Å². The van der Waals surface area contributed by atoms with Crippen LogP contribution in [0, 0.1) is 6.92 Å². The molecule has 0 spiro atoms. The summed E-state index contributed by atoms with van der Waals surface area (Å²) in [5.41, 5.74) is 8.85. The second-order valence-corrected chi connectivity index (χ2v) is 5.80. The molecule has 0 fully saturated rings. The van der Waals surface area contributed by atoms with Crippen LogP contribution in [0.1, 0.15) is 69.9 Å². The molecule has 0 aromatic heterocycles. The highest BCUT2D eigenvalue weighted by Gasteiger charge is 2.20. The van der Waals surface area contributed by atoms with Gasteiger partial charge in [-0.3, -0.25) is 0 Å². The summed E-state index contributed by atoms with van der Waals surface area (Å²) in [5.74, 6) is 0. The van der Waals surface area contributed by atoms with E-state index in [1.165, 1.54) is 49.7 Å². The SMILES string of the molecule is CCCCCCCCC(C)(N)c1cccc(C)c1. The lowest BCUT2D eigenvalue weighted by molar-refractivity contribution is 0.421. The quantitative estimate of drug-likeness (QED) is 0.648. The molecular weight excluding hydrogens is 218 g/mol. The Bertz CT molecular complexity index is 341. The number of benzene rings is 1. The van der Waals surface area contributed by atoms with Crippen molar-refractivity contribution in [3.8, 4) is 0 Å². The minimum absolute atomic E-state index is 0.170. The van der Waals surface area contributed by atoms with Crippen molar-refractivity contribution in [2.24, 2.45) is 5.73 Å². The van der Waals surface area contributed by atoms with Crippen LogP contribution in [0.4, 0.5) is 0 Å². The minimum atomic E-state index is -0.170. The fourth-order valence-corrected chi connectivity index (χ4v) is 2.42. The molecule has 0 aliphatic heterocycles. The number of aryl methyl sites for hydroxylation is 1. The molecular formula is C17H29N. The Balaban J connectivity index is 2.35. The Labute approximate surface area is 113 Å². The van der Waals surface area contributed by atoms with Crippen LogP contribution in [-0.2, 0) is 5.54 Å². The fraction of sp³-hybridized carbons (Fsp3) is 0.647. The highest BCUT2D eigenvalue weighted by atomic mass is 14.7. The van der Waals surface area contributed by atoms with E-state index in [4.69, 9.17) is 5.73 Å². The largest absolute Gasteiger partial charge is 0.322 e. The summed E-state index contributed by atoms with van der Waals surface area (Å²) >= 11 is 0. The van der Waals surface area contributed by atoms with Crippen molar-refractivity contribution in [1.82, 2.24) is 0 Å². The molecule has 18 heavy (non-hydrogen) atoms. The molecule has 1 aromatic rings. The van der Waals surface area contributed by atoms with Gasteiger partial charge in [0.2, 0.25) is 0 Å². The van der Waals surface area contributed by atoms with Crippen LogP contribution in [0.25, 0.3) is 0 Å². The first-order valence-electron chi connectivity index (χ1n) is 7.42. The highest BCUT2D eigenvalue weighted by molar-refractivity contribution is 5.27. The average Bonchev–Trinajstić information content (AvgIpc) is 2.33. The Morgan fingerprint density at radius 3 is 2.39 bits per heavy atom. The molecule has 0 saturated heterocycles. The van der Waals surface area contributed by atoms with Crippen LogP contribution >= 0.6 is 0 Å². The van der Waals surface area contributed by atoms with Crippen LogP contribution < -0.4 is 5.73 Å². The summed E-state index contributed by atoms with van der Waals surface area (Å²) in [6, 6.07) is 8.61. The summed E-state index contributed by atoms with van der Waals surface area (Å²) in [5, 5.41) is 0. The van der Waals surface area contributed by atoms with Crippen LogP contribution in [0.2, 0.25) is 0 Å². The summed E-state index contributed by atoms with van der Waals surface area (Å²) in [4.78, 5) is 0. The number of hydrogen-bond donors (Lipinski definition) is 1. The first kappa shape index (κ1) is 15.2. The van der Waals surface area contributed by atoms with Gasteiger partial charge >= 0.3 is 0 Å². The van der Waals surface area contributed by atoms with E-state index < -0.39 is 0 Å². The molecule has 0 bridgehead atoms. The summed E-state index contributed by atoms with van der Waals surface area (Å²) in [7, 11) is 0. The smallest absolute Gasteiger partial charge is 0.0381 e. The van der Waals surface area contributed by atoms with Gasteiger partial charge in [0.25, 0.3) is 0 Å². The molecule has 1 atom stereocenters. The molecule has 1 aromatic carbocycles. The number of unbranched alkanes of at least 4 members (excludes halogenated alkanes) is 5. The van der Waals surface area contributed by atoms with Crippen molar-refractivity contribution in [3.05, 3.63) is 35.4 Å². The first-order valence-corrected chi connectivity index (χ1v) is 7.42. The van der Waals surface area contributed by atoms with E-state index in [-0.39, 0.29) is 5.54 Å². The van der Waals surface area contributed by atoms with Gasteiger partial charge in [-0.25, -0.2) is 0 Å². The van der Waals surface area contributed by atoms with Crippen LogP contribution in [0.5, 0.6) is 0 Å². The summed E-state index contributed by atoms with van der Waals surface area (Å²) < 4.78 is 0. The lowest BCUT2D eigenvalue weighted by Gasteiger charge is -2.25. The molecule has 2 N–H and O–H groups in total. The lowest BCUT2D eigenvalue weighted by Crippen LogP contribution is -2.32. The van der Waals surface area contributed by atoms with Crippen molar-refractivity contribution in [2.75, 3.05) is 0 Å². The van der Waals surface area contributed by atoms with Gasteiger partial charge in [-0.1, -0.05) is 75.3 Å². The monoisotopic (exact) mass is 247 g/mol. The molecule has 0 amide bonds.